The number of carbonyl (C=O) groups excluding carboxylic acids is 1. The van der Waals surface area contributed by atoms with Crippen LogP contribution in [0, 0.1) is 23.2 Å². The summed E-state index contributed by atoms with van der Waals surface area (Å²) in [5.74, 6) is 0.972. The topological polar surface area (TPSA) is 49.3 Å². The smallest absolute Gasteiger partial charge is 0.224 e. The van der Waals surface area contributed by atoms with Crippen LogP contribution < -0.4 is 5.32 Å². The van der Waals surface area contributed by atoms with E-state index in [0.29, 0.717) is 18.4 Å². The van der Waals surface area contributed by atoms with Gasteiger partial charge in [-0.25, -0.2) is 0 Å². The molecule has 1 amide bonds. The van der Waals surface area contributed by atoms with Gasteiger partial charge in [0.05, 0.1) is 5.92 Å². The lowest BCUT2D eigenvalue weighted by Gasteiger charge is -2.11. The van der Waals surface area contributed by atoms with Crippen molar-refractivity contribution in [1.82, 2.24) is 5.32 Å². The number of carbonyl (C=O) groups is 1. The first kappa shape index (κ1) is 15.2. The first-order chi connectivity index (χ1) is 8.30. The molecular formula is C15H27NO2. The van der Waals surface area contributed by atoms with Gasteiger partial charge in [0.15, 0.2) is 0 Å². The maximum absolute atomic E-state index is 12.1. The van der Waals surface area contributed by atoms with Crippen LogP contribution in [0.1, 0.15) is 41.0 Å². The lowest BCUT2D eigenvalue weighted by Crippen LogP contribution is -2.31. The van der Waals surface area contributed by atoms with E-state index >= 15 is 0 Å². The van der Waals surface area contributed by atoms with Gasteiger partial charge in [0.25, 0.3) is 0 Å². The van der Waals surface area contributed by atoms with Gasteiger partial charge in [0, 0.05) is 13.2 Å². The average molecular weight is 253 g/mol. The summed E-state index contributed by atoms with van der Waals surface area (Å²) in [5.41, 5.74) is 1.36. The van der Waals surface area contributed by atoms with E-state index in [2.05, 4.69) is 39.1 Å². The number of amides is 1. The molecule has 0 bridgehead atoms. The molecule has 1 aliphatic rings. The van der Waals surface area contributed by atoms with Gasteiger partial charge >= 0.3 is 0 Å². The van der Waals surface area contributed by atoms with Crippen molar-refractivity contribution in [2.24, 2.45) is 23.2 Å². The maximum atomic E-state index is 12.1. The lowest BCUT2D eigenvalue weighted by molar-refractivity contribution is -0.123. The van der Waals surface area contributed by atoms with Crippen LogP contribution in [-0.4, -0.2) is 24.2 Å². The predicted octanol–water partition coefficient (Wildman–Crippen LogP) is 2.36. The standard InChI is InChI=1S/C15H27NO2/c1-10(2)8-12-13(15(12,4)5)14(18)16-9-11(3)6-7-17/h8,11-13,17H,6-7,9H2,1-5H3,(H,16,18). The SMILES string of the molecule is CC(C)=CC1C(C(=O)NCC(C)CCO)C1(C)C. The summed E-state index contributed by atoms with van der Waals surface area (Å²) in [6.45, 7) is 11.3. The zero-order chi connectivity index (χ0) is 13.9. The van der Waals surface area contributed by atoms with E-state index < -0.39 is 0 Å². The molecule has 3 unspecified atom stereocenters. The first-order valence-electron chi connectivity index (χ1n) is 6.84. The third-order valence-electron chi connectivity index (χ3n) is 3.95. The molecule has 0 aromatic heterocycles. The van der Waals surface area contributed by atoms with Gasteiger partial charge in [-0.15, -0.1) is 0 Å². The molecule has 1 aliphatic carbocycles. The highest BCUT2D eigenvalue weighted by atomic mass is 16.3. The molecule has 3 heteroatoms. The van der Waals surface area contributed by atoms with Crippen molar-refractivity contribution in [3.05, 3.63) is 11.6 Å². The second kappa shape index (κ2) is 5.87. The Labute approximate surface area is 111 Å². The molecule has 0 saturated heterocycles. The molecule has 1 fully saturated rings. The zero-order valence-electron chi connectivity index (χ0n) is 12.3. The highest BCUT2D eigenvalue weighted by molar-refractivity contribution is 5.83. The van der Waals surface area contributed by atoms with Crippen molar-refractivity contribution in [2.45, 2.75) is 41.0 Å². The van der Waals surface area contributed by atoms with E-state index in [9.17, 15) is 4.79 Å². The Morgan fingerprint density at radius 2 is 2.06 bits per heavy atom. The molecule has 0 spiro atoms. The van der Waals surface area contributed by atoms with Crippen LogP contribution >= 0.6 is 0 Å². The molecule has 0 aromatic rings. The molecule has 0 radical (unpaired) electrons. The summed E-state index contributed by atoms with van der Waals surface area (Å²) in [5, 5.41) is 11.8. The Morgan fingerprint density at radius 1 is 1.44 bits per heavy atom. The largest absolute Gasteiger partial charge is 0.396 e. The summed E-state index contributed by atoms with van der Waals surface area (Å²) in [7, 11) is 0. The van der Waals surface area contributed by atoms with Gasteiger partial charge in [0.2, 0.25) is 5.91 Å². The van der Waals surface area contributed by atoms with Gasteiger partial charge < -0.3 is 10.4 Å². The molecule has 0 heterocycles. The lowest BCUT2D eigenvalue weighted by atomic mass is 10.1. The summed E-state index contributed by atoms with van der Waals surface area (Å²) in [6.07, 6.45) is 2.95. The maximum Gasteiger partial charge on any atom is 0.224 e. The Hall–Kier alpha value is -0.830. The molecular weight excluding hydrogens is 226 g/mol. The third kappa shape index (κ3) is 3.58. The normalized spacial score (nSPS) is 26.3. The Bertz CT molecular complexity index is 329. The van der Waals surface area contributed by atoms with Crippen LogP contribution in [0.25, 0.3) is 0 Å². The number of rotatable bonds is 6. The van der Waals surface area contributed by atoms with E-state index in [4.69, 9.17) is 5.11 Å². The summed E-state index contributed by atoms with van der Waals surface area (Å²) in [6, 6.07) is 0. The van der Waals surface area contributed by atoms with E-state index in [-0.39, 0.29) is 23.8 Å². The number of nitrogens with one attached hydrogen (secondary N) is 1. The predicted molar refractivity (Wildman–Crippen MR) is 74.1 cm³/mol. The van der Waals surface area contributed by atoms with Crippen LogP contribution in [0.3, 0.4) is 0 Å². The summed E-state index contributed by atoms with van der Waals surface area (Å²) < 4.78 is 0. The van der Waals surface area contributed by atoms with Crippen molar-refractivity contribution >= 4 is 5.91 Å². The number of hydrogen-bond acceptors (Lipinski definition) is 2. The van der Waals surface area contributed by atoms with Crippen LogP contribution in [-0.2, 0) is 4.79 Å². The van der Waals surface area contributed by atoms with Gasteiger partial charge in [0.1, 0.15) is 0 Å². The number of hydrogen-bond donors (Lipinski definition) is 2. The second-order valence-electron chi connectivity index (χ2n) is 6.43. The Kier molecular flexibility index (Phi) is 4.97. The van der Waals surface area contributed by atoms with E-state index in [1.54, 1.807) is 0 Å². The zero-order valence-corrected chi connectivity index (χ0v) is 12.3. The molecule has 18 heavy (non-hydrogen) atoms. The molecule has 0 aromatic carbocycles. The van der Waals surface area contributed by atoms with Crippen LogP contribution in [0.4, 0.5) is 0 Å². The average Bonchev–Trinajstić information content (AvgIpc) is 2.76. The number of allylic oxidation sites excluding steroid dienone is 2. The Balaban J connectivity index is 2.46. The van der Waals surface area contributed by atoms with Gasteiger partial charge in [-0.1, -0.05) is 32.4 Å². The molecule has 1 saturated carbocycles. The third-order valence-corrected chi connectivity index (χ3v) is 3.95. The molecule has 104 valence electrons. The summed E-state index contributed by atoms with van der Waals surface area (Å²) in [4.78, 5) is 12.1. The number of aliphatic hydroxyl groups excluding tert-OH is 1. The van der Waals surface area contributed by atoms with Gasteiger partial charge in [-0.3, -0.25) is 4.79 Å². The van der Waals surface area contributed by atoms with E-state index in [1.807, 2.05) is 6.92 Å². The van der Waals surface area contributed by atoms with Crippen LogP contribution in [0.2, 0.25) is 0 Å². The van der Waals surface area contributed by atoms with Gasteiger partial charge in [-0.05, 0) is 37.5 Å². The van der Waals surface area contributed by atoms with Crippen molar-refractivity contribution in [1.29, 1.82) is 0 Å². The molecule has 3 nitrogen and oxygen atoms in total. The minimum Gasteiger partial charge on any atom is -0.396 e. The van der Waals surface area contributed by atoms with Crippen molar-refractivity contribution in [3.8, 4) is 0 Å². The minimum atomic E-state index is 0.0849. The summed E-state index contributed by atoms with van der Waals surface area (Å²) >= 11 is 0. The van der Waals surface area contributed by atoms with E-state index in [1.165, 1.54) is 5.57 Å². The molecule has 2 N–H and O–H groups in total. The van der Waals surface area contributed by atoms with Crippen molar-refractivity contribution in [2.75, 3.05) is 13.2 Å². The molecule has 0 aliphatic heterocycles. The van der Waals surface area contributed by atoms with Crippen LogP contribution in [0.5, 0.6) is 0 Å². The number of aliphatic hydroxyl groups is 1. The van der Waals surface area contributed by atoms with Gasteiger partial charge in [-0.2, -0.15) is 0 Å². The van der Waals surface area contributed by atoms with Crippen LogP contribution in [0.15, 0.2) is 11.6 Å². The Morgan fingerprint density at radius 3 is 2.56 bits per heavy atom. The van der Waals surface area contributed by atoms with Crippen molar-refractivity contribution in [3.63, 3.8) is 0 Å². The molecule has 1 rings (SSSR count). The second-order valence-corrected chi connectivity index (χ2v) is 6.43. The highest BCUT2D eigenvalue weighted by Gasteiger charge is 2.60. The fourth-order valence-corrected chi connectivity index (χ4v) is 2.56. The fourth-order valence-electron chi connectivity index (χ4n) is 2.56. The van der Waals surface area contributed by atoms with Crippen molar-refractivity contribution < 1.29 is 9.90 Å². The fraction of sp³-hybridized carbons (Fsp3) is 0.800. The molecule has 3 atom stereocenters. The minimum absolute atomic E-state index is 0.0849. The van der Waals surface area contributed by atoms with E-state index in [0.717, 1.165) is 6.42 Å². The highest BCUT2D eigenvalue weighted by Crippen LogP contribution is 2.59. The quantitative estimate of drug-likeness (QED) is 0.714. The monoisotopic (exact) mass is 253 g/mol. The first-order valence-corrected chi connectivity index (χ1v) is 6.84.